The van der Waals surface area contributed by atoms with Crippen LogP contribution in [-0.4, -0.2) is 36.0 Å². The van der Waals surface area contributed by atoms with Gasteiger partial charge in [-0.3, -0.25) is 0 Å². The molecule has 0 aromatic rings. The van der Waals surface area contributed by atoms with Crippen molar-refractivity contribution in [3.05, 3.63) is 11.1 Å². The molecular weight excluding hydrogens is 268 g/mol. The molecule has 3 unspecified atom stereocenters. The number of cyclic esters (lactones) is 1. The molecule has 2 aliphatic carbocycles. The summed E-state index contributed by atoms with van der Waals surface area (Å²) in [6.45, 7) is 6.99. The van der Waals surface area contributed by atoms with Crippen LogP contribution in [0.25, 0.3) is 0 Å². The number of fused-ring (bicyclic) bond motifs is 4. The molecule has 4 aliphatic rings. The molecule has 4 heteroatoms. The van der Waals surface area contributed by atoms with Gasteiger partial charge in [-0.25, -0.2) is 4.79 Å². The van der Waals surface area contributed by atoms with E-state index >= 15 is 0 Å². The van der Waals surface area contributed by atoms with Gasteiger partial charge in [0.05, 0.1) is 18.3 Å². The van der Waals surface area contributed by atoms with Crippen molar-refractivity contribution in [2.24, 2.45) is 16.7 Å². The van der Waals surface area contributed by atoms with E-state index in [1.54, 1.807) is 0 Å². The van der Waals surface area contributed by atoms with E-state index in [0.717, 1.165) is 30.4 Å². The fraction of sp³-hybridized carbons (Fsp3) is 0.824. The van der Waals surface area contributed by atoms with E-state index in [-0.39, 0.29) is 28.8 Å². The Morgan fingerprint density at radius 3 is 2.81 bits per heavy atom. The molecule has 0 radical (unpaired) electrons. The molecule has 0 spiro atoms. The van der Waals surface area contributed by atoms with Crippen LogP contribution in [0.1, 0.15) is 46.5 Å². The highest BCUT2D eigenvalue weighted by Crippen LogP contribution is 2.69. The Labute approximate surface area is 125 Å². The lowest BCUT2D eigenvalue weighted by molar-refractivity contribution is -0.136. The molecule has 0 amide bonds. The Bertz CT molecular complexity index is 539. The number of hydrogen-bond donors (Lipinski definition) is 1. The average Bonchev–Trinajstić information content (AvgIpc) is 2.90. The second-order valence-corrected chi connectivity index (χ2v) is 7.84. The summed E-state index contributed by atoms with van der Waals surface area (Å²) in [6.07, 6.45) is 3.34. The lowest BCUT2D eigenvalue weighted by Gasteiger charge is -2.50. The smallest absolute Gasteiger partial charge is 0.334 e. The predicted octanol–water partition coefficient (Wildman–Crippen LogP) is 2.20. The molecule has 2 fully saturated rings. The summed E-state index contributed by atoms with van der Waals surface area (Å²) in [5.41, 5.74) is 2.01. The van der Waals surface area contributed by atoms with Crippen LogP contribution in [0.4, 0.5) is 0 Å². The Balaban J connectivity index is 1.81. The van der Waals surface area contributed by atoms with E-state index in [1.807, 2.05) is 6.92 Å². The lowest BCUT2D eigenvalue weighted by Crippen LogP contribution is -2.49. The summed E-state index contributed by atoms with van der Waals surface area (Å²) < 4.78 is 11.4. The second kappa shape index (κ2) is 4.11. The van der Waals surface area contributed by atoms with E-state index in [2.05, 4.69) is 13.8 Å². The molecular formula is C17H24O4. The normalized spacial score (nSPS) is 52.3. The van der Waals surface area contributed by atoms with Crippen molar-refractivity contribution >= 4 is 5.97 Å². The molecule has 21 heavy (non-hydrogen) atoms. The van der Waals surface area contributed by atoms with Crippen molar-refractivity contribution in [2.75, 3.05) is 6.61 Å². The number of carbonyl (C=O) groups is 1. The number of esters is 1. The second-order valence-electron chi connectivity index (χ2n) is 7.84. The Morgan fingerprint density at radius 2 is 2.05 bits per heavy atom. The van der Waals surface area contributed by atoms with Crippen LogP contribution in [0.2, 0.25) is 0 Å². The van der Waals surface area contributed by atoms with Gasteiger partial charge in [0, 0.05) is 16.9 Å². The minimum Gasteiger partial charge on any atom is -0.458 e. The summed E-state index contributed by atoms with van der Waals surface area (Å²) in [6, 6.07) is 0. The molecule has 0 aromatic carbocycles. The largest absolute Gasteiger partial charge is 0.458 e. The van der Waals surface area contributed by atoms with Gasteiger partial charge in [0.1, 0.15) is 6.61 Å². The molecule has 1 N–H and O–H groups in total. The third-order valence-electron chi connectivity index (χ3n) is 6.77. The first kappa shape index (κ1) is 13.8. The van der Waals surface area contributed by atoms with E-state index in [1.165, 1.54) is 0 Å². The van der Waals surface area contributed by atoms with Gasteiger partial charge in [0.25, 0.3) is 0 Å². The molecule has 2 heterocycles. The first-order valence-corrected chi connectivity index (χ1v) is 8.09. The van der Waals surface area contributed by atoms with Gasteiger partial charge in [0.15, 0.2) is 0 Å². The molecule has 1 saturated heterocycles. The highest BCUT2D eigenvalue weighted by molar-refractivity contribution is 5.92. The summed E-state index contributed by atoms with van der Waals surface area (Å²) in [5.74, 6) is -0.128. The van der Waals surface area contributed by atoms with Crippen LogP contribution in [0, 0.1) is 16.7 Å². The van der Waals surface area contributed by atoms with Gasteiger partial charge in [-0.2, -0.15) is 0 Å². The van der Waals surface area contributed by atoms with E-state index in [4.69, 9.17) is 9.47 Å². The number of aliphatic hydroxyl groups is 1. The minimum atomic E-state index is -0.455. The van der Waals surface area contributed by atoms with Crippen LogP contribution in [-0.2, 0) is 14.3 Å². The van der Waals surface area contributed by atoms with Gasteiger partial charge in [-0.1, -0.05) is 13.8 Å². The molecule has 1 saturated carbocycles. The van der Waals surface area contributed by atoms with Crippen molar-refractivity contribution in [1.29, 1.82) is 0 Å². The zero-order valence-corrected chi connectivity index (χ0v) is 13.0. The topological polar surface area (TPSA) is 55.8 Å². The van der Waals surface area contributed by atoms with Gasteiger partial charge in [0.2, 0.25) is 0 Å². The maximum atomic E-state index is 11.9. The van der Waals surface area contributed by atoms with Crippen LogP contribution >= 0.6 is 0 Å². The Hall–Kier alpha value is -0.870. The standard InChI is InChI=1S/C17H24O4/c1-9-6-12(18)14-11-8-20-15(19)10(11)4-5-16(14,2)17(3)7-13(17)21-9/h9,12-14,18H,4-8H2,1-3H3/t9?,12?,13?,14-,16+,17-/m1/s1. The average molecular weight is 292 g/mol. The highest BCUT2D eigenvalue weighted by atomic mass is 16.5. The van der Waals surface area contributed by atoms with Gasteiger partial charge in [-0.15, -0.1) is 0 Å². The van der Waals surface area contributed by atoms with Gasteiger partial charge < -0.3 is 14.6 Å². The van der Waals surface area contributed by atoms with Crippen molar-refractivity contribution in [3.8, 4) is 0 Å². The highest BCUT2D eigenvalue weighted by Gasteiger charge is 2.68. The zero-order chi connectivity index (χ0) is 15.0. The van der Waals surface area contributed by atoms with Crippen molar-refractivity contribution in [3.63, 3.8) is 0 Å². The van der Waals surface area contributed by atoms with Crippen molar-refractivity contribution < 1.29 is 19.4 Å². The molecule has 116 valence electrons. The molecule has 6 atom stereocenters. The van der Waals surface area contributed by atoms with Crippen molar-refractivity contribution in [1.82, 2.24) is 0 Å². The maximum absolute atomic E-state index is 11.9. The van der Waals surface area contributed by atoms with E-state index in [0.29, 0.717) is 19.1 Å². The summed E-state index contributed by atoms with van der Waals surface area (Å²) in [7, 11) is 0. The summed E-state index contributed by atoms with van der Waals surface area (Å²) in [5, 5.41) is 10.8. The zero-order valence-electron chi connectivity index (χ0n) is 13.0. The van der Waals surface area contributed by atoms with Crippen LogP contribution in [0.5, 0.6) is 0 Å². The van der Waals surface area contributed by atoms with E-state index < -0.39 is 6.10 Å². The fourth-order valence-corrected chi connectivity index (χ4v) is 5.15. The first-order valence-electron chi connectivity index (χ1n) is 8.09. The number of aliphatic hydroxyl groups excluding tert-OH is 1. The first-order chi connectivity index (χ1) is 9.87. The maximum Gasteiger partial charge on any atom is 0.334 e. The van der Waals surface area contributed by atoms with Crippen LogP contribution in [0.3, 0.4) is 0 Å². The molecule has 4 rings (SSSR count). The molecule has 4 nitrogen and oxygen atoms in total. The van der Waals surface area contributed by atoms with Crippen LogP contribution < -0.4 is 0 Å². The Morgan fingerprint density at radius 1 is 1.29 bits per heavy atom. The molecule has 0 aromatic heterocycles. The third kappa shape index (κ3) is 1.66. The number of ether oxygens (including phenoxy) is 2. The SMILES string of the molecule is CC1CC(O)[C@H]2C3=C(CC[C@]2(C)[C@]2(C)CC2O1)C(=O)OC3. The predicted molar refractivity (Wildman–Crippen MR) is 76.5 cm³/mol. The fourth-order valence-electron chi connectivity index (χ4n) is 5.15. The number of carbonyl (C=O) groups excluding carboxylic acids is 1. The summed E-state index contributed by atoms with van der Waals surface area (Å²) in [4.78, 5) is 11.9. The van der Waals surface area contributed by atoms with E-state index in [9.17, 15) is 9.90 Å². The quantitative estimate of drug-likeness (QED) is 0.695. The number of rotatable bonds is 0. The van der Waals surface area contributed by atoms with Crippen molar-refractivity contribution in [2.45, 2.75) is 64.8 Å². The third-order valence-corrected chi connectivity index (χ3v) is 6.77. The minimum absolute atomic E-state index is 0.00988. The number of hydrogen-bond acceptors (Lipinski definition) is 4. The molecule has 2 aliphatic heterocycles. The molecule has 0 bridgehead atoms. The lowest BCUT2D eigenvalue weighted by atomic mass is 9.55. The Kier molecular flexibility index (Phi) is 2.69. The van der Waals surface area contributed by atoms with Crippen LogP contribution in [0.15, 0.2) is 11.1 Å². The van der Waals surface area contributed by atoms with Gasteiger partial charge in [-0.05, 0) is 43.6 Å². The summed E-state index contributed by atoms with van der Waals surface area (Å²) >= 11 is 0. The van der Waals surface area contributed by atoms with Gasteiger partial charge >= 0.3 is 5.97 Å². The monoisotopic (exact) mass is 292 g/mol.